The topological polar surface area (TPSA) is 0 Å². The van der Waals surface area contributed by atoms with E-state index in [4.69, 9.17) is 0 Å². The van der Waals surface area contributed by atoms with E-state index in [-0.39, 0.29) is 0 Å². The van der Waals surface area contributed by atoms with E-state index >= 15 is 0 Å². The molecule has 1 aliphatic heterocycles. The summed E-state index contributed by atoms with van der Waals surface area (Å²) >= 11 is 2.00. The predicted octanol–water partition coefficient (Wildman–Crippen LogP) is 11.6. The molecule has 0 bridgehead atoms. The molecule has 204 valence electrons. The van der Waals surface area contributed by atoms with Crippen LogP contribution in [0.5, 0.6) is 0 Å². The highest BCUT2D eigenvalue weighted by atomic mass is 32.2. The molecule has 0 saturated heterocycles. The van der Waals surface area contributed by atoms with Gasteiger partial charge in [-0.1, -0.05) is 140 Å². The van der Waals surface area contributed by atoms with Crippen LogP contribution in [0.25, 0.3) is 49.0 Å². The summed E-state index contributed by atoms with van der Waals surface area (Å²) in [5.41, 5.74) is 8.20. The zero-order valence-electron chi connectivity index (χ0n) is 23.8. The van der Waals surface area contributed by atoms with Crippen molar-refractivity contribution in [3.8, 4) is 11.1 Å². The SMILES string of the molecule is C1=CC2Sc3ccc(-c4c5ccccc5c(C5=CCC(c6cccc7ccccc67)C=C5)c5ccccc45)cc3C2C=C1. The van der Waals surface area contributed by atoms with Gasteiger partial charge in [-0.25, -0.2) is 0 Å². The van der Waals surface area contributed by atoms with Gasteiger partial charge in [0.05, 0.1) is 0 Å². The average molecular weight is 567 g/mol. The Balaban J connectivity index is 1.19. The molecule has 0 nitrogen and oxygen atoms in total. The van der Waals surface area contributed by atoms with Crippen molar-refractivity contribution in [2.75, 3.05) is 0 Å². The van der Waals surface area contributed by atoms with Gasteiger partial charge in [0.25, 0.3) is 0 Å². The molecule has 0 saturated carbocycles. The summed E-state index contributed by atoms with van der Waals surface area (Å²) in [4.78, 5) is 1.42. The molecular formula is C42H30S. The van der Waals surface area contributed by atoms with Crippen LogP contribution < -0.4 is 0 Å². The number of fused-ring (bicyclic) bond motifs is 6. The second kappa shape index (κ2) is 10.0. The van der Waals surface area contributed by atoms with Gasteiger partial charge in [-0.05, 0) is 84.3 Å². The Morgan fingerprint density at radius 1 is 0.558 bits per heavy atom. The van der Waals surface area contributed by atoms with Crippen LogP contribution >= 0.6 is 11.8 Å². The van der Waals surface area contributed by atoms with E-state index in [1.165, 1.54) is 70.6 Å². The number of benzene rings is 6. The molecular weight excluding hydrogens is 537 g/mol. The maximum atomic E-state index is 2.47. The number of thioether (sulfide) groups is 1. The summed E-state index contributed by atoms with van der Waals surface area (Å²) in [6.45, 7) is 0. The maximum Gasteiger partial charge on any atom is 0.0381 e. The molecule has 0 aromatic heterocycles. The quantitative estimate of drug-likeness (QED) is 0.192. The summed E-state index contributed by atoms with van der Waals surface area (Å²) < 4.78 is 0. The standard InChI is InChI=1S/C42H30S/c1-2-12-31-27(10-1)11-9-18-32(31)28-20-22-29(23-21-28)41-34-14-3-5-16-36(34)42(37-17-6-4-15-35(37)41)30-24-25-40-38(26-30)33-13-7-8-19-39(33)43-40/h1-20,22-26,28,33,39H,21H2. The molecule has 3 unspecified atom stereocenters. The van der Waals surface area contributed by atoms with E-state index in [2.05, 4.69) is 152 Å². The fourth-order valence-corrected chi connectivity index (χ4v) is 8.88. The first-order chi connectivity index (χ1) is 21.3. The maximum absolute atomic E-state index is 2.47. The minimum Gasteiger partial charge on any atom is -0.117 e. The number of hydrogen-bond donors (Lipinski definition) is 0. The zero-order valence-corrected chi connectivity index (χ0v) is 24.6. The molecule has 43 heavy (non-hydrogen) atoms. The van der Waals surface area contributed by atoms with E-state index in [1.807, 2.05) is 11.8 Å². The fraction of sp³-hybridized carbons (Fsp3) is 0.0952. The fourth-order valence-electron chi connectivity index (χ4n) is 7.56. The van der Waals surface area contributed by atoms with Crippen molar-refractivity contribution in [1.29, 1.82) is 0 Å². The van der Waals surface area contributed by atoms with Crippen molar-refractivity contribution in [2.45, 2.75) is 28.4 Å². The second-order valence-corrected chi connectivity index (χ2v) is 13.1. The van der Waals surface area contributed by atoms with Gasteiger partial charge in [-0.15, -0.1) is 11.8 Å². The number of hydrogen-bond acceptors (Lipinski definition) is 1. The van der Waals surface area contributed by atoms with Crippen LogP contribution in [-0.2, 0) is 0 Å². The highest BCUT2D eigenvalue weighted by Crippen LogP contribution is 2.50. The zero-order chi connectivity index (χ0) is 28.3. The summed E-state index contributed by atoms with van der Waals surface area (Å²) in [6.07, 6.45) is 17.4. The molecule has 6 aromatic carbocycles. The molecule has 1 heterocycles. The largest absolute Gasteiger partial charge is 0.117 e. The Bertz CT molecular complexity index is 2150. The van der Waals surface area contributed by atoms with Crippen molar-refractivity contribution in [1.82, 2.24) is 0 Å². The van der Waals surface area contributed by atoms with Gasteiger partial charge in [0.1, 0.15) is 0 Å². The van der Waals surface area contributed by atoms with E-state index in [0.29, 0.717) is 17.1 Å². The molecule has 3 atom stereocenters. The van der Waals surface area contributed by atoms with E-state index in [9.17, 15) is 0 Å². The van der Waals surface area contributed by atoms with Crippen LogP contribution in [0, 0.1) is 0 Å². The van der Waals surface area contributed by atoms with Gasteiger partial charge in [0, 0.05) is 22.0 Å². The number of rotatable bonds is 3. The summed E-state index contributed by atoms with van der Waals surface area (Å²) in [5, 5.41) is 8.47. The van der Waals surface area contributed by atoms with Gasteiger partial charge in [-0.2, -0.15) is 0 Å². The average Bonchev–Trinajstić information content (AvgIpc) is 3.45. The Hall–Kier alpha value is -4.59. The van der Waals surface area contributed by atoms with Gasteiger partial charge >= 0.3 is 0 Å². The third-order valence-corrected chi connectivity index (χ3v) is 10.9. The highest BCUT2D eigenvalue weighted by Gasteiger charge is 2.31. The molecule has 0 radical (unpaired) electrons. The third-order valence-electron chi connectivity index (χ3n) is 9.55. The first kappa shape index (κ1) is 25.0. The van der Waals surface area contributed by atoms with Gasteiger partial charge in [0.2, 0.25) is 0 Å². The van der Waals surface area contributed by atoms with E-state index < -0.39 is 0 Å². The molecule has 0 fully saturated rings. The first-order valence-corrected chi connectivity index (χ1v) is 16.2. The van der Waals surface area contributed by atoms with Crippen molar-refractivity contribution in [3.05, 3.63) is 168 Å². The molecule has 0 spiro atoms. The monoisotopic (exact) mass is 566 g/mol. The minimum absolute atomic E-state index is 0.378. The molecule has 2 aliphatic carbocycles. The van der Waals surface area contributed by atoms with Crippen LogP contribution in [0.4, 0.5) is 0 Å². The van der Waals surface area contributed by atoms with E-state index in [1.54, 1.807) is 0 Å². The van der Waals surface area contributed by atoms with Crippen LogP contribution in [0.15, 0.2) is 157 Å². The molecule has 1 heteroatoms. The first-order valence-electron chi connectivity index (χ1n) is 15.3. The Morgan fingerprint density at radius 2 is 1.23 bits per heavy atom. The third kappa shape index (κ3) is 3.99. The molecule has 6 aromatic rings. The van der Waals surface area contributed by atoms with Crippen molar-refractivity contribution >= 4 is 49.7 Å². The lowest BCUT2D eigenvalue weighted by molar-refractivity contribution is 0.865. The number of allylic oxidation sites excluding steroid dienone is 7. The summed E-state index contributed by atoms with van der Waals surface area (Å²) in [5.74, 6) is 0.831. The van der Waals surface area contributed by atoms with Gasteiger partial charge in [0.15, 0.2) is 0 Å². The summed E-state index contributed by atoms with van der Waals surface area (Å²) in [7, 11) is 0. The Kier molecular flexibility index (Phi) is 5.81. The second-order valence-electron chi connectivity index (χ2n) is 11.9. The lowest BCUT2D eigenvalue weighted by Crippen LogP contribution is -2.06. The van der Waals surface area contributed by atoms with Crippen molar-refractivity contribution in [3.63, 3.8) is 0 Å². The van der Waals surface area contributed by atoms with Crippen LogP contribution in [0.1, 0.15) is 34.9 Å². The molecule has 0 amide bonds. The molecule has 9 rings (SSSR count). The molecule has 0 N–H and O–H groups in total. The normalized spacial score (nSPS) is 20.5. The van der Waals surface area contributed by atoms with Crippen LogP contribution in [0.2, 0.25) is 0 Å². The van der Waals surface area contributed by atoms with Crippen molar-refractivity contribution in [2.24, 2.45) is 0 Å². The minimum atomic E-state index is 0.378. The van der Waals surface area contributed by atoms with Gasteiger partial charge in [-0.3, -0.25) is 0 Å². The van der Waals surface area contributed by atoms with Crippen LogP contribution in [-0.4, -0.2) is 5.25 Å². The van der Waals surface area contributed by atoms with Crippen molar-refractivity contribution < 1.29 is 0 Å². The lowest BCUT2D eigenvalue weighted by Gasteiger charge is -2.22. The smallest absolute Gasteiger partial charge is 0.0381 e. The summed E-state index contributed by atoms with van der Waals surface area (Å²) in [6, 6.07) is 40.7. The Labute approximate surface area is 256 Å². The lowest BCUT2D eigenvalue weighted by atomic mass is 9.81. The molecule has 3 aliphatic rings. The Morgan fingerprint density at radius 3 is 1.98 bits per heavy atom. The van der Waals surface area contributed by atoms with E-state index in [0.717, 1.165) is 6.42 Å². The van der Waals surface area contributed by atoms with Gasteiger partial charge < -0.3 is 0 Å². The highest BCUT2D eigenvalue weighted by molar-refractivity contribution is 8.00. The van der Waals surface area contributed by atoms with Crippen LogP contribution in [0.3, 0.4) is 0 Å². The predicted molar refractivity (Wildman–Crippen MR) is 186 cm³/mol.